The van der Waals surface area contributed by atoms with Crippen LogP contribution in [0.1, 0.15) is 30.1 Å². The second kappa shape index (κ2) is 5.81. The van der Waals surface area contributed by atoms with E-state index in [1.165, 1.54) is 18.2 Å². The molecular weight excluding hydrogens is 359 g/mol. The van der Waals surface area contributed by atoms with E-state index < -0.39 is 0 Å². The smallest absolute Gasteiger partial charge is 0.248 e. The van der Waals surface area contributed by atoms with E-state index in [0.717, 1.165) is 30.5 Å². The molecule has 3 rings (SSSR count). The third kappa shape index (κ3) is 2.99. The Morgan fingerprint density at radius 1 is 1.38 bits per heavy atom. The van der Waals surface area contributed by atoms with Crippen molar-refractivity contribution >= 4 is 33.2 Å². The van der Waals surface area contributed by atoms with Crippen LogP contribution in [0.5, 0.6) is 0 Å². The number of halogens is 3. The number of rotatable bonds is 2. The Morgan fingerprint density at radius 3 is 2.95 bits per heavy atom. The third-order valence-corrected chi connectivity index (χ3v) is 4.58. The Bertz CT molecular complexity index is 724. The highest BCUT2D eigenvalue weighted by atomic mass is 79.9. The van der Waals surface area contributed by atoms with Crippen molar-refractivity contribution in [2.24, 2.45) is 0 Å². The molecule has 21 heavy (non-hydrogen) atoms. The van der Waals surface area contributed by atoms with Crippen molar-refractivity contribution < 1.29 is 4.39 Å². The lowest BCUT2D eigenvalue weighted by atomic mass is 9.91. The molecule has 0 spiro atoms. The Hall–Kier alpha value is -1.33. The molecular formula is C15H13BrClFN2O. The van der Waals surface area contributed by atoms with Crippen molar-refractivity contribution in [3.05, 3.63) is 61.2 Å². The van der Waals surface area contributed by atoms with E-state index >= 15 is 0 Å². The normalized spacial score (nSPS) is 17.4. The number of pyridine rings is 1. The predicted molar refractivity (Wildman–Crippen MR) is 85.5 cm³/mol. The first kappa shape index (κ1) is 14.6. The van der Waals surface area contributed by atoms with Crippen LogP contribution in [-0.2, 0) is 6.42 Å². The molecule has 1 aliphatic carbocycles. The molecule has 1 aromatic heterocycles. The largest absolute Gasteiger partial charge is 0.376 e. The summed E-state index contributed by atoms with van der Waals surface area (Å²) in [6, 6.07) is 6.08. The minimum Gasteiger partial charge on any atom is -0.376 e. The first-order valence-corrected chi connectivity index (χ1v) is 7.85. The zero-order valence-electron chi connectivity index (χ0n) is 11.1. The summed E-state index contributed by atoms with van der Waals surface area (Å²) in [6.45, 7) is 0. The number of anilines is 1. The van der Waals surface area contributed by atoms with Gasteiger partial charge in [-0.25, -0.2) is 4.39 Å². The Labute approximate surface area is 134 Å². The van der Waals surface area contributed by atoms with Gasteiger partial charge >= 0.3 is 0 Å². The van der Waals surface area contributed by atoms with Crippen molar-refractivity contribution in [1.82, 2.24) is 4.98 Å². The van der Waals surface area contributed by atoms with Gasteiger partial charge in [0.25, 0.3) is 0 Å². The average Bonchev–Trinajstić information content (AvgIpc) is 2.42. The molecule has 1 aromatic carbocycles. The molecule has 3 nitrogen and oxygen atoms in total. The van der Waals surface area contributed by atoms with Gasteiger partial charge < -0.3 is 10.3 Å². The van der Waals surface area contributed by atoms with Crippen LogP contribution >= 0.6 is 27.5 Å². The highest BCUT2D eigenvalue weighted by Crippen LogP contribution is 2.37. The number of aryl methyl sites for hydroxylation is 1. The van der Waals surface area contributed by atoms with Crippen LogP contribution in [0.4, 0.5) is 10.1 Å². The molecule has 1 heterocycles. The van der Waals surface area contributed by atoms with E-state index in [1.54, 1.807) is 0 Å². The lowest BCUT2D eigenvalue weighted by Gasteiger charge is -2.27. The topological polar surface area (TPSA) is 44.9 Å². The zero-order valence-corrected chi connectivity index (χ0v) is 13.4. The van der Waals surface area contributed by atoms with Crippen LogP contribution in [0.3, 0.4) is 0 Å². The number of nitrogens with one attached hydrogen (secondary N) is 2. The van der Waals surface area contributed by atoms with Crippen molar-refractivity contribution in [1.29, 1.82) is 0 Å². The molecule has 0 amide bonds. The van der Waals surface area contributed by atoms with Crippen LogP contribution in [-0.4, -0.2) is 4.98 Å². The number of aromatic amines is 1. The fourth-order valence-electron chi connectivity index (χ4n) is 2.70. The number of H-pyrrole nitrogens is 1. The van der Waals surface area contributed by atoms with Gasteiger partial charge in [0.2, 0.25) is 5.56 Å². The first-order valence-electron chi connectivity index (χ1n) is 6.68. The Morgan fingerprint density at radius 2 is 2.19 bits per heavy atom. The van der Waals surface area contributed by atoms with Crippen molar-refractivity contribution in [2.75, 3.05) is 5.32 Å². The lowest BCUT2D eigenvalue weighted by Crippen LogP contribution is -2.21. The van der Waals surface area contributed by atoms with Gasteiger partial charge in [0.1, 0.15) is 5.82 Å². The standard InChI is InChI=1S/C15H13BrClFN2O/c16-10-6-8(18)7-11(17)15(10)20-13-3-1-2-12-9(13)4-5-14(21)19-12/h4-7,13,20H,1-3H2,(H,19,21). The average molecular weight is 372 g/mol. The molecule has 0 fully saturated rings. The summed E-state index contributed by atoms with van der Waals surface area (Å²) in [4.78, 5) is 14.3. The number of benzene rings is 1. The fraction of sp³-hybridized carbons (Fsp3) is 0.267. The molecule has 0 radical (unpaired) electrons. The van der Waals surface area contributed by atoms with E-state index in [2.05, 4.69) is 26.2 Å². The maximum absolute atomic E-state index is 13.3. The van der Waals surface area contributed by atoms with Crippen LogP contribution < -0.4 is 10.9 Å². The molecule has 0 aliphatic heterocycles. The van der Waals surface area contributed by atoms with Gasteiger partial charge in [-0.15, -0.1) is 0 Å². The predicted octanol–water partition coefficient (Wildman–Crippen LogP) is 4.42. The van der Waals surface area contributed by atoms with Crippen LogP contribution in [0, 0.1) is 5.82 Å². The van der Waals surface area contributed by atoms with Gasteiger partial charge in [0.05, 0.1) is 16.8 Å². The van der Waals surface area contributed by atoms with Crippen LogP contribution in [0.25, 0.3) is 0 Å². The van der Waals surface area contributed by atoms with Crippen molar-refractivity contribution in [3.8, 4) is 0 Å². The fourth-order valence-corrected chi connectivity index (χ4v) is 3.63. The molecule has 0 bridgehead atoms. The second-order valence-electron chi connectivity index (χ2n) is 5.09. The van der Waals surface area contributed by atoms with Gasteiger partial charge in [-0.2, -0.15) is 0 Å². The second-order valence-corrected chi connectivity index (χ2v) is 6.35. The van der Waals surface area contributed by atoms with Crippen molar-refractivity contribution in [3.63, 3.8) is 0 Å². The van der Waals surface area contributed by atoms with Gasteiger partial charge in [-0.05, 0) is 59.0 Å². The number of hydrogen-bond acceptors (Lipinski definition) is 2. The van der Waals surface area contributed by atoms with Crippen molar-refractivity contribution in [2.45, 2.75) is 25.3 Å². The highest BCUT2D eigenvalue weighted by molar-refractivity contribution is 9.10. The molecule has 1 unspecified atom stereocenters. The zero-order chi connectivity index (χ0) is 15.0. The minimum atomic E-state index is -0.384. The Balaban J connectivity index is 1.96. The molecule has 6 heteroatoms. The van der Waals surface area contributed by atoms with E-state index in [1.807, 2.05) is 6.07 Å². The maximum atomic E-state index is 13.3. The van der Waals surface area contributed by atoms with Crippen LogP contribution in [0.15, 0.2) is 33.5 Å². The maximum Gasteiger partial charge on any atom is 0.248 e. The van der Waals surface area contributed by atoms with Gasteiger partial charge in [-0.1, -0.05) is 11.6 Å². The molecule has 0 saturated carbocycles. The number of fused-ring (bicyclic) bond motifs is 1. The SMILES string of the molecule is O=c1ccc2c([nH]1)CCCC2Nc1c(Cl)cc(F)cc1Br. The van der Waals surface area contributed by atoms with Crippen LogP contribution in [0.2, 0.25) is 5.02 Å². The van der Waals surface area contributed by atoms with E-state index in [0.29, 0.717) is 15.2 Å². The van der Waals surface area contributed by atoms with Gasteiger partial charge in [0.15, 0.2) is 0 Å². The van der Waals surface area contributed by atoms with E-state index in [4.69, 9.17) is 11.6 Å². The summed E-state index contributed by atoms with van der Waals surface area (Å²) < 4.78 is 13.9. The van der Waals surface area contributed by atoms with E-state index in [9.17, 15) is 9.18 Å². The summed E-state index contributed by atoms with van der Waals surface area (Å²) in [7, 11) is 0. The Kier molecular flexibility index (Phi) is 4.04. The lowest BCUT2D eigenvalue weighted by molar-refractivity contribution is 0.586. The highest BCUT2D eigenvalue weighted by Gasteiger charge is 2.22. The summed E-state index contributed by atoms with van der Waals surface area (Å²) in [5.74, 6) is -0.384. The van der Waals surface area contributed by atoms with Gasteiger partial charge in [-0.3, -0.25) is 4.79 Å². The van der Waals surface area contributed by atoms with Gasteiger partial charge in [0, 0.05) is 16.2 Å². The summed E-state index contributed by atoms with van der Waals surface area (Å²) >= 11 is 9.45. The third-order valence-electron chi connectivity index (χ3n) is 3.66. The summed E-state index contributed by atoms with van der Waals surface area (Å²) in [5.41, 5.74) is 2.60. The summed E-state index contributed by atoms with van der Waals surface area (Å²) in [5, 5.41) is 3.68. The first-order chi connectivity index (χ1) is 10.0. The molecule has 2 N–H and O–H groups in total. The number of hydrogen-bond donors (Lipinski definition) is 2. The minimum absolute atomic E-state index is 0.0462. The molecule has 1 atom stereocenters. The van der Waals surface area contributed by atoms with E-state index in [-0.39, 0.29) is 17.4 Å². The quantitative estimate of drug-likeness (QED) is 0.821. The summed E-state index contributed by atoms with van der Waals surface area (Å²) in [6.07, 6.45) is 2.77. The number of aromatic nitrogens is 1. The molecule has 110 valence electrons. The molecule has 2 aromatic rings. The molecule has 0 saturated heterocycles. The molecule has 1 aliphatic rings. The monoisotopic (exact) mass is 370 g/mol.